The first-order valence-corrected chi connectivity index (χ1v) is 7.34. The molecule has 1 aliphatic rings. The molecule has 2 nitrogen and oxygen atoms in total. The van der Waals surface area contributed by atoms with Crippen molar-refractivity contribution in [3.63, 3.8) is 0 Å². The van der Waals surface area contributed by atoms with Gasteiger partial charge in [0.2, 0.25) is 0 Å². The molecule has 0 aromatic carbocycles. The predicted octanol–water partition coefficient (Wildman–Crippen LogP) is 4.81. The SMILES string of the molecule is CC(C)(C)C1=NOC(c2cccs2)(C(C)(C)C)C1. The largest absolute Gasteiger partial charge is 0.383 e. The minimum atomic E-state index is -0.302. The molecule has 0 fully saturated rings. The van der Waals surface area contributed by atoms with Crippen molar-refractivity contribution in [3.8, 4) is 0 Å². The molecule has 2 rings (SSSR count). The van der Waals surface area contributed by atoms with E-state index in [1.807, 2.05) is 0 Å². The second-order valence-electron chi connectivity index (χ2n) is 7.11. The summed E-state index contributed by atoms with van der Waals surface area (Å²) in [4.78, 5) is 7.26. The van der Waals surface area contributed by atoms with E-state index < -0.39 is 0 Å². The normalized spacial score (nSPS) is 24.9. The highest BCUT2D eigenvalue weighted by molar-refractivity contribution is 7.10. The van der Waals surface area contributed by atoms with Crippen molar-refractivity contribution in [3.05, 3.63) is 22.4 Å². The zero-order valence-electron chi connectivity index (χ0n) is 12.2. The second-order valence-corrected chi connectivity index (χ2v) is 8.06. The van der Waals surface area contributed by atoms with Gasteiger partial charge in [0.05, 0.1) is 10.6 Å². The van der Waals surface area contributed by atoms with E-state index in [0.717, 1.165) is 12.1 Å². The maximum atomic E-state index is 5.99. The molecule has 3 heteroatoms. The topological polar surface area (TPSA) is 21.6 Å². The molecule has 0 saturated heterocycles. The lowest BCUT2D eigenvalue weighted by Crippen LogP contribution is -2.40. The van der Waals surface area contributed by atoms with Crippen LogP contribution in [0, 0.1) is 10.8 Å². The highest BCUT2D eigenvalue weighted by Crippen LogP contribution is 2.51. The second kappa shape index (κ2) is 4.09. The Bertz CT molecular complexity index is 448. The minimum Gasteiger partial charge on any atom is -0.383 e. The van der Waals surface area contributed by atoms with Gasteiger partial charge in [-0.15, -0.1) is 11.3 Å². The van der Waals surface area contributed by atoms with Crippen LogP contribution in [0.25, 0.3) is 0 Å². The van der Waals surface area contributed by atoms with E-state index in [1.165, 1.54) is 4.88 Å². The lowest BCUT2D eigenvalue weighted by molar-refractivity contribution is -0.0995. The van der Waals surface area contributed by atoms with E-state index >= 15 is 0 Å². The van der Waals surface area contributed by atoms with Crippen LogP contribution in [-0.2, 0) is 10.4 Å². The third kappa shape index (κ3) is 2.09. The van der Waals surface area contributed by atoms with Crippen molar-refractivity contribution >= 4 is 17.0 Å². The molecule has 0 radical (unpaired) electrons. The van der Waals surface area contributed by atoms with Crippen LogP contribution in [0.4, 0.5) is 0 Å². The van der Waals surface area contributed by atoms with Crippen molar-refractivity contribution in [2.24, 2.45) is 16.0 Å². The Kier molecular flexibility index (Phi) is 3.09. The molecular weight excluding hydrogens is 242 g/mol. The van der Waals surface area contributed by atoms with Crippen LogP contribution >= 0.6 is 11.3 Å². The average molecular weight is 265 g/mol. The summed E-state index contributed by atoms with van der Waals surface area (Å²) in [7, 11) is 0. The summed E-state index contributed by atoms with van der Waals surface area (Å²) < 4.78 is 0. The van der Waals surface area contributed by atoms with E-state index in [1.54, 1.807) is 11.3 Å². The molecule has 0 saturated carbocycles. The molecule has 1 atom stereocenters. The molecule has 0 aliphatic carbocycles. The van der Waals surface area contributed by atoms with Gasteiger partial charge in [-0.1, -0.05) is 52.8 Å². The lowest BCUT2D eigenvalue weighted by Gasteiger charge is -2.38. The molecule has 0 N–H and O–H groups in total. The molecule has 1 unspecified atom stereocenters. The summed E-state index contributed by atoms with van der Waals surface area (Å²) in [5, 5.41) is 6.52. The quantitative estimate of drug-likeness (QED) is 0.714. The summed E-state index contributed by atoms with van der Waals surface area (Å²) in [6.45, 7) is 13.3. The summed E-state index contributed by atoms with van der Waals surface area (Å²) in [5.74, 6) is 0. The van der Waals surface area contributed by atoms with Gasteiger partial charge in [0, 0.05) is 17.3 Å². The number of rotatable bonds is 1. The van der Waals surface area contributed by atoms with Crippen LogP contribution in [0.2, 0.25) is 0 Å². The summed E-state index contributed by atoms with van der Waals surface area (Å²) >= 11 is 1.76. The van der Waals surface area contributed by atoms with Gasteiger partial charge in [-0.2, -0.15) is 0 Å². The summed E-state index contributed by atoms with van der Waals surface area (Å²) in [5.41, 5.74) is 0.952. The van der Waals surface area contributed by atoms with E-state index in [9.17, 15) is 0 Å². The molecule has 1 aliphatic heterocycles. The zero-order chi connectivity index (χ0) is 13.6. The van der Waals surface area contributed by atoms with Crippen molar-refractivity contribution < 1.29 is 4.84 Å². The fraction of sp³-hybridized carbons (Fsp3) is 0.667. The van der Waals surface area contributed by atoms with Crippen molar-refractivity contribution in [1.29, 1.82) is 0 Å². The zero-order valence-corrected chi connectivity index (χ0v) is 13.0. The van der Waals surface area contributed by atoms with Crippen molar-refractivity contribution in [2.45, 2.75) is 53.6 Å². The highest BCUT2D eigenvalue weighted by Gasteiger charge is 2.52. The Morgan fingerprint density at radius 2 is 1.89 bits per heavy atom. The van der Waals surface area contributed by atoms with Gasteiger partial charge in [-0.25, -0.2) is 0 Å². The fourth-order valence-corrected chi connectivity index (χ4v) is 3.31. The van der Waals surface area contributed by atoms with Crippen molar-refractivity contribution in [1.82, 2.24) is 0 Å². The smallest absolute Gasteiger partial charge is 0.181 e. The van der Waals surface area contributed by atoms with Gasteiger partial charge in [0.25, 0.3) is 0 Å². The van der Waals surface area contributed by atoms with Gasteiger partial charge >= 0.3 is 0 Å². The van der Waals surface area contributed by atoms with Gasteiger partial charge in [-0.3, -0.25) is 0 Å². The maximum absolute atomic E-state index is 5.99. The standard InChI is InChI=1S/C15H23NOS/c1-13(2,3)11-10-15(17-16-11,14(4,5)6)12-8-7-9-18-12/h7-9H,10H2,1-6H3. The first-order valence-electron chi connectivity index (χ1n) is 6.46. The van der Waals surface area contributed by atoms with E-state index in [2.05, 4.69) is 64.2 Å². The summed E-state index contributed by atoms with van der Waals surface area (Å²) in [6.07, 6.45) is 0.889. The molecule has 1 aromatic heterocycles. The Morgan fingerprint density at radius 3 is 2.28 bits per heavy atom. The van der Waals surface area contributed by atoms with Crippen LogP contribution in [0.15, 0.2) is 22.7 Å². The van der Waals surface area contributed by atoms with Crippen molar-refractivity contribution in [2.75, 3.05) is 0 Å². The van der Waals surface area contributed by atoms with E-state index in [4.69, 9.17) is 4.84 Å². The molecule has 0 bridgehead atoms. The minimum absolute atomic E-state index is 0.0222. The lowest BCUT2D eigenvalue weighted by atomic mass is 9.70. The Morgan fingerprint density at radius 1 is 1.22 bits per heavy atom. The number of hydrogen-bond acceptors (Lipinski definition) is 3. The number of nitrogens with zero attached hydrogens (tertiary/aromatic N) is 1. The Balaban J connectivity index is 2.40. The monoisotopic (exact) mass is 265 g/mol. The highest BCUT2D eigenvalue weighted by atomic mass is 32.1. The molecule has 100 valence electrons. The van der Waals surface area contributed by atoms with Crippen LogP contribution in [0.3, 0.4) is 0 Å². The van der Waals surface area contributed by atoms with E-state index in [-0.39, 0.29) is 16.4 Å². The summed E-state index contributed by atoms with van der Waals surface area (Å²) in [6, 6.07) is 4.25. The number of oxime groups is 1. The molecule has 18 heavy (non-hydrogen) atoms. The predicted molar refractivity (Wildman–Crippen MR) is 78.0 cm³/mol. The average Bonchev–Trinajstić information content (AvgIpc) is 2.85. The molecule has 0 spiro atoms. The first kappa shape index (κ1) is 13.6. The molecular formula is C15H23NOS. The first-order chi connectivity index (χ1) is 8.17. The Hall–Kier alpha value is -0.830. The Labute approximate surface area is 114 Å². The van der Waals surface area contributed by atoms with Crippen LogP contribution in [0.5, 0.6) is 0 Å². The van der Waals surface area contributed by atoms with Gasteiger partial charge in [0.15, 0.2) is 5.60 Å². The molecule has 1 aromatic rings. The third-order valence-electron chi connectivity index (χ3n) is 3.72. The van der Waals surface area contributed by atoms with Gasteiger partial charge < -0.3 is 4.84 Å². The number of thiophene rings is 1. The number of hydrogen-bond donors (Lipinski definition) is 0. The third-order valence-corrected chi connectivity index (χ3v) is 4.74. The van der Waals surface area contributed by atoms with Gasteiger partial charge in [0.1, 0.15) is 0 Å². The maximum Gasteiger partial charge on any atom is 0.181 e. The molecule has 2 heterocycles. The van der Waals surface area contributed by atoms with E-state index in [0.29, 0.717) is 0 Å². The van der Waals surface area contributed by atoms with Crippen LogP contribution in [-0.4, -0.2) is 5.71 Å². The van der Waals surface area contributed by atoms with Crippen LogP contribution < -0.4 is 0 Å². The van der Waals surface area contributed by atoms with Crippen LogP contribution in [0.1, 0.15) is 52.8 Å². The molecule has 0 amide bonds. The van der Waals surface area contributed by atoms with Gasteiger partial charge in [-0.05, 0) is 11.4 Å². The fourth-order valence-electron chi connectivity index (χ4n) is 2.25.